The minimum atomic E-state index is -0.333. The SMILES string of the molecule is CCC(=O)C1NN2c3cc(F)ccc3OC[C@H]2[C@H]1c1ccccc1. The molecule has 3 atom stereocenters. The molecule has 1 saturated heterocycles. The van der Waals surface area contributed by atoms with Gasteiger partial charge in [-0.1, -0.05) is 37.3 Å². The second-order valence-corrected chi connectivity index (χ2v) is 6.22. The van der Waals surface area contributed by atoms with E-state index in [0.29, 0.717) is 24.5 Å². The maximum absolute atomic E-state index is 13.7. The molecule has 2 aromatic carbocycles. The predicted octanol–water partition coefficient (Wildman–Crippen LogP) is 3.04. The molecule has 0 bridgehead atoms. The van der Waals surface area contributed by atoms with Gasteiger partial charge in [0.2, 0.25) is 0 Å². The third-order valence-electron chi connectivity index (χ3n) is 4.85. The van der Waals surface area contributed by atoms with E-state index >= 15 is 0 Å². The van der Waals surface area contributed by atoms with E-state index in [0.717, 1.165) is 5.56 Å². The monoisotopic (exact) mass is 326 g/mol. The van der Waals surface area contributed by atoms with Crippen LogP contribution in [0.15, 0.2) is 48.5 Å². The first-order valence-electron chi connectivity index (χ1n) is 8.24. The number of hydrogen-bond acceptors (Lipinski definition) is 4. The van der Waals surface area contributed by atoms with Gasteiger partial charge in [0.15, 0.2) is 5.78 Å². The highest BCUT2D eigenvalue weighted by atomic mass is 19.1. The Hall–Kier alpha value is -2.40. The lowest BCUT2D eigenvalue weighted by atomic mass is 9.84. The van der Waals surface area contributed by atoms with Crippen LogP contribution in [0.2, 0.25) is 0 Å². The normalized spacial score (nSPS) is 24.9. The average Bonchev–Trinajstić information content (AvgIpc) is 3.01. The van der Waals surface area contributed by atoms with Gasteiger partial charge >= 0.3 is 0 Å². The molecule has 2 aliphatic heterocycles. The van der Waals surface area contributed by atoms with Crippen LogP contribution < -0.4 is 15.2 Å². The van der Waals surface area contributed by atoms with Crippen molar-refractivity contribution in [3.63, 3.8) is 0 Å². The van der Waals surface area contributed by atoms with Crippen molar-refractivity contribution in [3.8, 4) is 5.75 Å². The lowest BCUT2D eigenvalue weighted by Gasteiger charge is -2.34. The van der Waals surface area contributed by atoms with E-state index in [4.69, 9.17) is 4.74 Å². The van der Waals surface area contributed by atoms with Crippen LogP contribution in [-0.2, 0) is 4.79 Å². The minimum Gasteiger partial charge on any atom is -0.489 e. The number of rotatable bonds is 3. The molecule has 2 aromatic rings. The zero-order valence-electron chi connectivity index (χ0n) is 13.4. The van der Waals surface area contributed by atoms with E-state index in [1.54, 1.807) is 6.07 Å². The van der Waals surface area contributed by atoms with Crippen LogP contribution in [-0.4, -0.2) is 24.5 Å². The van der Waals surface area contributed by atoms with E-state index in [-0.39, 0.29) is 29.6 Å². The number of hydrogen-bond donors (Lipinski definition) is 1. The van der Waals surface area contributed by atoms with Gasteiger partial charge in [0.05, 0.1) is 17.8 Å². The molecule has 4 nitrogen and oxygen atoms in total. The smallest absolute Gasteiger partial charge is 0.152 e. The zero-order chi connectivity index (χ0) is 16.7. The Morgan fingerprint density at radius 1 is 1.29 bits per heavy atom. The van der Waals surface area contributed by atoms with Crippen molar-refractivity contribution in [3.05, 3.63) is 59.9 Å². The lowest BCUT2D eigenvalue weighted by Crippen LogP contribution is -2.46. The van der Waals surface area contributed by atoms with Crippen molar-refractivity contribution < 1.29 is 13.9 Å². The largest absolute Gasteiger partial charge is 0.489 e. The van der Waals surface area contributed by atoms with Crippen LogP contribution in [0.25, 0.3) is 0 Å². The summed E-state index contributed by atoms with van der Waals surface area (Å²) in [6.07, 6.45) is 0.457. The number of anilines is 1. The Balaban J connectivity index is 1.78. The first-order valence-corrected chi connectivity index (χ1v) is 8.24. The molecule has 0 amide bonds. The molecule has 2 aliphatic rings. The Morgan fingerprint density at radius 2 is 2.08 bits per heavy atom. The van der Waals surface area contributed by atoms with Gasteiger partial charge in [-0.25, -0.2) is 9.82 Å². The molecule has 2 heterocycles. The molecule has 1 fully saturated rings. The summed E-state index contributed by atoms with van der Waals surface area (Å²) in [4.78, 5) is 12.5. The van der Waals surface area contributed by atoms with Crippen LogP contribution in [0.4, 0.5) is 10.1 Å². The molecular formula is C19H19FN2O2. The fraction of sp³-hybridized carbons (Fsp3) is 0.316. The standard InChI is InChI=1S/C19H19FN2O2/c1-2-16(23)19-18(12-6-4-3-5-7-12)15-11-24-17-9-8-13(20)10-14(17)22(15)21-19/h3-10,15,18-19,21H,2,11H2,1H3/t15-,18+,19?/m0/s1. The first kappa shape index (κ1) is 15.1. The third kappa shape index (κ3) is 2.36. The highest BCUT2D eigenvalue weighted by molar-refractivity contribution is 5.86. The van der Waals surface area contributed by atoms with Gasteiger partial charge in [-0.05, 0) is 17.7 Å². The summed E-state index contributed by atoms with van der Waals surface area (Å²) in [5.74, 6) is 0.434. The minimum absolute atomic E-state index is 0.0323. The fourth-order valence-electron chi connectivity index (χ4n) is 3.69. The quantitative estimate of drug-likeness (QED) is 0.941. The number of hydrazine groups is 1. The van der Waals surface area contributed by atoms with Crippen molar-refractivity contribution in [1.29, 1.82) is 0 Å². The third-order valence-corrected chi connectivity index (χ3v) is 4.85. The van der Waals surface area contributed by atoms with E-state index in [2.05, 4.69) is 5.43 Å². The summed E-state index contributed by atoms with van der Waals surface area (Å²) >= 11 is 0. The highest BCUT2D eigenvalue weighted by Crippen LogP contribution is 2.42. The van der Waals surface area contributed by atoms with Crippen molar-refractivity contribution in [2.75, 3.05) is 11.6 Å². The first-order chi connectivity index (χ1) is 11.7. The fourth-order valence-corrected chi connectivity index (χ4v) is 3.69. The average molecular weight is 326 g/mol. The summed E-state index contributed by atoms with van der Waals surface area (Å²) in [7, 11) is 0. The summed E-state index contributed by atoms with van der Waals surface area (Å²) in [6.45, 7) is 2.33. The number of carbonyl (C=O) groups excluding carboxylic acids is 1. The molecular weight excluding hydrogens is 307 g/mol. The van der Waals surface area contributed by atoms with Crippen LogP contribution in [0.3, 0.4) is 0 Å². The zero-order valence-corrected chi connectivity index (χ0v) is 13.4. The number of ether oxygens (including phenoxy) is 1. The van der Waals surface area contributed by atoms with Gasteiger partial charge in [-0.2, -0.15) is 0 Å². The molecule has 5 heteroatoms. The topological polar surface area (TPSA) is 41.6 Å². The number of benzene rings is 2. The Morgan fingerprint density at radius 3 is 2.83 bits per heavy atom. The second-order valence-electron chi connectivity index (χ2n) is 6.22. The summed E-state index contributed by atoms with van der Waals surface area (Å²) < 4.78 is 19.6. The van der Waals surface area contributed by atoms with E-state index in [9.17, 15) is 9.18 Å². The molecule has 0 saturated carbocycles. The van der Waals surface area contributed by atoms with Crippen molar-refractivity contribution in [2.45, 2.75) is 31.3 Å². The van der Waals surface area contributed by atoms with Gasteiger partial charge in [0.25, 0.3) is 0 Å². The molecule has 0 aliphatic carbocycles. The molecule has 1 N–H and O–H groups in total. The second kappa shape index (κ2) is 5.91. The highest BCUT2D eigenvalue weighted by Gasteiger charge is 2.48. The van der Waals surface area contributed by atoms with Crippen molar-refractivity contribution >= 4 is 11.5 Å². The van der Waals surface area contributed by atoms with Gasteiger partial charge in [0.1, 0.15) is 18.2 Å². The maximum Gasteiger partial charge on any atom is 0.152 e. The number of fused-ring (bicyclic) bond motifs is 3. The predicted molar refractivity (Wildman–Crippen MR) is 89.6 cm³/mol. The van der Waals surface area contributed by atoms with E-state index < -0.39 is 0 Å². The van der Waals surface area contributed by atoms with Gasteiger partial charge in [0, 0.05) is 18.4 Å². The number of Topliss-reactive ketones (excluding diaryl/α,β-unsaturated/α-hetero) is 1. The number of ketones is 1. The maximum atomic E-state index is 13.7. The number of carbonyl (C=O) groups is 1. The summed E-state index contributed by atoms with van der Waals surface area (Å²) in [5, 5.41) is 1.91. The van der Waals surface area contributed by atoms with Crippen LogP contribution in [0.5, 0.6) is 5.75 Å². The Kier molecular flexibility index (Phi) is 3.73. The van der Waals surface area contributed by atoms with Crippen LogP contribution >= 0.6 is 0 Å². The van der Waals surface area contributed by atoms with Crippen molar-refractivity contribution in [2.24, 2.45) is 0 Å². The Labute approximate surface area is 140 Å². The van der Waals surface area contributed by atoms with E-state index in [1.807, 2.05) is 42.3 Å². The van der Waals surface area contributed by atoms with E-state index in [1.165, 1.54) is 12.1 Å². The molecule has 0 spiro atoms. The summed E-state index contributed by atoms with van der Waals surface area (Å²) in [6, 6.07) is 14.1. The van der Waals surface area contributed by atoms with Crippen LogP contribution in [0.1, 0.15) is 24.8 Å². The van der Waals surface area contributed by atoms with Gasteiger partial charge in [-0.15, -0.1) is 0 Å². The number of nitrogens with zero attached hydrogens (tertiary/aromatic N) is 1. The molecule has 4 rings (SSSR count). The molecule has 24 heavy (non-hydrogen) atoms. The Bertz CT molecular complexity index is 765. The molecule has 124 valence electrons. The number of nitrogens with one attached hydrogen (secondary N) is 1. The van der Waals surface area contributed by atoms with Gasteiger partial charge < -0.3 is 4.74 Å². The summed E-state index contributed by atoms with van der Waals surface area (Å²) in [5.41, 5.74) is 5.05. The lowest BCUT2D eigenvalue weighted by molar-refractivity contribution is -0.120. The molecule has 0 aromatic heterocycles. The van der Waals surface area contributed by atoms with Gasteiger partial charge in [-0.3, -0.25) is 9.80 Å². The van der Waals surface area contributed by atoms with Crippen molar-refractivity contribution in [1.82, 2.24) is 5.43 Å². The number of halogens is 1. The van der Waals surface area contributed by atoms with Crippen LogP contribution in [0, 0.1) is 5.82 Å². The molecule has 0 radical (unpaired) electrons. The molecule has 1 unspecified atom stereocenters.